The Balaban J connectivity index is 1.79. The van der Waals surface area contributed by atoms with Crippen molar-refractivity contribution in [3.63, 3.8) is 0 Å². The molecule has 3 aromatic rings. The molecule has 1 saturated heterocycles. The van der Waals surface area contributed by atoms with Crippen molar-refractivity contribution in [1.29, 1.82) is 0 Å². The Morgan fingerprint density at radius 2 is 1.66 bits per heavy atom. The summed E-state index contributed by atoms with van der Waals surface area (Å²) in [7, 11) is 1.29. The van der Waals surface area contributed by atoms with Crippen LogP contribution >= 0.6 is 0 Å². The summed E-state index contributed by atoms with van der Waals surface area (Å²) in [6.07, 6.45) is -6.53. The van der Waals surface area contributed by atoms with Gasteiger partial charge in [-0.25, -0.2) is 0 Å². The number of aromatic hydroxyl groups is 2. The molecule has 1 aromatic heterocycles. The number of phenols is 2. The molecule has 0 amide bonds. The molecule has 10 nitrogen and oxygen atoms in total. The van der Waals surface area contributed by atoms with Crippen LogP contribution in [0.1, 0.15) is 6.92 Å². The predicted molar refractivity (Wildman–Crippen MR) is 111 cm³/mol. The van der Waals surface area contributed by atoms with Gasteiger partial charge in [-0.05, 0) is 31.2 Å². The molecule has 0 saturated carbocycles. The Labute approximate surface area is 181 Å². The van der Waals surface area contributed by atoms with Crippen molar-refractivity contribution in [1.82, 2.24) is 0 Å². The fourth-order valence-electron chi connectivity index (χ4n) is 3.56. The SMILES string of the molecule is COc1c(-c2ccc(O)cc2)oc2cc(O[C@H]3O[C@H](C)[C@@H](O)[C@H](O)[C@@H]3O)cc(O)c2c1=O. The molecule has 1 fully saturated rings. The number of hydrogen-bond donors (Lipinski definition) is 5. The van der Waals surface area contributed by atoms with Crippen molar-refractivity contribution in [3.05, 3.63) is 46.6 Å². The summed E-state index contributed by atoms with van der Waals surface area (Å²) in [6.45, 7) is 1.50. The summed E-state index contributed by atoms with van der Waals surface area (Å²) >= 11 is 0. The van der Waals surface area contributed by atoms with Gasteiger partial charge in [0, 0.05) is 17.7 Å². The second-order valence-corrected chi connectivity index (χ2v) is 7.46. The lowest BCUT2D eigenvalue weighted by Crippen LogP contribution is -2.58. The topological polar surface area (TPSA) is 159 Å². The molecule has 0 radical (unpaired) electrons. The third-order valence-electron chi connectivity index (χ3n) is 5.30. The van der Waals surface area contributed by atoms with Gasteiger partial charge in [-0.1, -0.05) is 0 Å². The van der Waals surface area contributed by atoms with Crippen LogP contribution in [-0.4, -0.2) is 63.3 Å². The van der Waals surface area contributed by atoms with E-state index in [2.05, 4.69) is 0 Å². The highest BCUT2D eigenvalue weighted by Gasteiger charge is 2.43. The van der Waals surface area contributed by atoms with Crippen LogP contribution in [0.15, 0.2) is 45.6 Å². The van der Waals surface area contributed by atoms with E-state index < -0.39 is 41.9 Å². The Morgan fingerprint density at radius 3 is 2.31 bits per heavy atom. The molecule has 2 aromatic carbocycles. The lowest BCUT2D eigenvalue weighted by molar-refractivity contribution is -0.268. The summed E-state index contributed by atoms with van der Waals surface area (Å²) in [5.74, 6) is -0.510. The summed E-state index contributed by atoms with van der Waals surface area (Å²) in [4.78, 5) is 13.0. The van der Waals surface area contributed by atoms with Crippen LogP contribution in [-0.2, 0) is 4.74 Å². The van der Waals surface area contributed by atoms with Crippen molar-refractivity contribution in [2.24, 2.45) is 0 Å². The fourth-order valence-corrected chi connectivity index (χ4v) is 3.56. The minimum Gasteiger partial charge on any atom is -0.508 e. The van der Waals surface area contributed by atoms with Gasteiger partial charge in [0.1, 0.15) is 46.5 Å². The standard InChI is InChI=1S/C22H22O10/c1-9-16(25)18(27)19(28)22(30-9)31-12-7-13(24)15-14(8-12)32-20(21(29-2)17(15)26)10-3-5-11(23)6-4-10/h3-9,16,18-19,22-25,27-28H,1-2H3/t9-,16-,18+,19+,22-/m1/s1. The van der Waals surface area contributed by atoms with Gasteiger partial charge < -0.3 is 44.2 Å². The van der Waals surface area contributed by atoms with E-state index in [0.29, 0.717) is 5.56 Å². The van der Waals surface area contributed by atoms with E-state index in [0.717, 1.165) is 6.07 Å². The van der Waals surface area contributed by atoms with Gasteiger partial charge in [0.2, 0.25) is 17.5 Å². The van der Waals surface area contributed by atoms with Crippen LogP contribution in [0.4, 0.5) is 0 Å². The summed E-state index contributed by atoms with van der Waals surface area (Å²) in [5, 5.41) is 49.8. The molecule has 5 atom stereocenters. The highest BCUT2D eigenvalue weighted by Crippen LogP contribution is 2.37. The number of fused-ring (bicyclic) bond motifs is 1. The van der Waals surface area contributed by atoms with Gasteiger partial charge in [0.15, 0.2) is 5.76 Å². The van der Waals surface area contributed by atoms with Crippen molar-refractivity contribution < 1.29 is 44.2 Å². The molecule has 0 bridgehead atoms. The Kier molecular flexibility index (Phi) is 5.70. The summed E-state index contributed by atoms with van der Waals surface area (Å²) in [6, 6.07) is 8.34. The Morgan fingerprint density at radius 1 is 0.969 bits per heavy atom. The van der Waals surface area contributed by atoms with E-state index in [9.17, 15) is 30.3 Å². The molecule has 1 aliphatic rings. The smallest absolute Gasteiger partial charge is 0.239 e. The number of aliphatic hydroxyl groups is 3. The van der Waals surface area contributed by atoms with Crippen LogP contribution in [0.25, 0.3) is 22.3 Å². The number of methoxy groups -OCH3 is 1. The maximum atomic E-state index is 13.0. The maximum Gasteiger partial charge on any atom is 0.239 e. The van der Waals surface area contributed by atoms with Crippen LogP contribution < -0.4 is 14.9 Å². The van der Waals surface area contributed by atoms with Crippen molar-refractivity contribution in [3.8, 4) is 34.3 Å². The number of ether oxygens (including phenoxy) is 3. The molecule has 0 aliphatic carbocycles. The van der Waals surface area contributed by atoms with Crippen molar-refractivity contribution in [2.75, 3.05) is 7.11 Å². The van der Waals surface area contributed by atoms with Gasteiger partial charge in [-0.3, -0.25) is 4.79 Å². The first-order valence-corrected chi connectivity index (χ1v) is 9.74. The van der Waals surface area contributed by atoms with Crippen LogP contribution in [0.2, 0.25) is 0 Å². The molecule has 0 unspecified atom stereocenters. The van der Waals surface area contributed by atoms with Gasteiger partial charge in [0.05, 0.1) is 13.2 Å². The molecule has 1 aliphatic heterocycles. The first-order valence-electron chi connectivity index (χ1n) is 9.74. The molecular formula is C22H22O10. The maximum absolute atomic E-state index is 13.0. The Hall–Kier alpha value is -3.31. The quantitative estimate of drug-likeness (QED) is 0.393. The average Bonchev–Trinajstić information content (AvgIpc) is 2.76. The highest BCUT2D eigenvalue weighted by molar-refractivity contribution is 5.88. The molecule has 170 valence electrons. The van der Waals surface area contributed by atoms with Crippen molar-refractivity contribution in [2.45, 2.75) is 37.6 Å². The van der Waals surface area contributed by atoms with E-state index in [-0.39, 0.29) is 34.0 Å². The lowest BCUT2D eigenvalue weighted by Gasteiger charge is -2.38. The molecule has 5 N–H and O–H groups in total. The van der Waals surface area contributed by atoms with Crippen LogP contribution in [0, 0.1) is 0 Å². The second kappa shape index (κ2) is 8.32. The van der Waals surface area contributed by atoms with Gasteiger partial charge in [-0.15, -0.1) is 0 Å². The molecule has 4 rings (SSSR count). The largest absolute Gasteiger partial charge is 0.508 e. The molecule has 2 heterocycles. The van der Waals surface area contributed by atoms with E-state index in [1.807, 2.05) is 0 Å². The predicted octanol–water partition coefficient (Wildman–Crippen LogP) is 1.09. The fraction of sp³-hybridized carbons (Fsp3) is 0.318. The number of phenolic OH excluding ortho intramolecular Hbond substituents is 2. The zero-order chi connectivity index (χ0) is 23.2. The second-order valence-electron chi connectivity index (χ2n) is 7.46. The number of rotatable bonds is 4. The van der Waals surface area contributed by atoms with Gasteiger partial charge in [-0.2, -0.15) is 0 Å². The first-order chi connectivity index (χ1) is 15.2. The number of aliphatic hydroxyl groups excluding tert-OH is 3. The van der Waals surface area contributed by atoms with E-state index in [1.165, 1.54) is 44.4 Å². The summed E-state index contributed by atoms with van der Waals surface area (Å²) in [5.41, 5.74) is -0.212. The third kappa shape index (κ3) is 3.73. The van der Waals surface area contributed by atoms with E-state index >= 15 is 0 Å². The monoisotopic (exact) mass is 446 g/mol. The molecule has 10 heteroatoms. The van der Waals surface area contributed by atoms with Crippen molar-refractivity contribution >= 4 is 11.0 Å². The van der Waals surface area contributed by atoms with E-state index in [4.69, 9.17) is 18.6 Å². The van der Waals surface area contributed by atoms with Crippen LogP contribution in [0.5, 0.6) is 23.0 Å². The minimum atomic E-state index is -1.56. The number of hydrogen-bond acceptors (Lipinski definition) is 10. The Bertz CT molecular complexity index is 1190. The highest BCUT2D eigenvalue weighted by atomic mass is 16.7. The van der Waals surface area contributed by atoms with Gasteiger partial charge >= 0.3 is 0 Å². The zero-order valence-electron chi connectivity index (χ0n) is 17.1. The van der Waals surface area contributed by atoms with Crippen LogP contribution in [0.3, 0.4) is 0 Å². The number of benzene rings is 2. The third-order valence-corrected chi connectivity index (χ3v) is 5.30. The first kappa shape index (κ1) is 21.9. The van der Waals surface area contributed by atoms with Gasteiger partial charge in [0.25, 0.3) is 0 Å². The summed E-state index contributed by atoms with van der Waals surface area (Å²) < 4.78 is 22.0. The lowest BCUT2D eigenvalue weighted by atomic mass is 10.00. The molecular weight excluding hydrogens is 424 g/mol. The normalized spacial score (nSPS) is 25.6. The zero-order valence-corrected chi connectivity index (χ0v) is 17.1. The molecule has 32 heavy (non-hydrogen) atoms. The molecule has 0 spiro atoms. The van der Waals surface area contributed by atoms with E-state index in [1.54, 1.807) is 0 Å². The minimum absolute atomic E-state index is 0.0141. The average molecular weight is 446 g/mol.